The van der Waals surface area contributed by atoms with Crippen LogP contribution in [-0.4, -0.2) is 56.1 Å². The van der Waals surface area contributed by atoms with Crippen molar-refractivity contribution in [3.8, 4) is 6.07 Å². The minimum Gasteiger partial charge on any atom is -0.348 e. The van der Waals surface area contributed by atoms with Gasteiger partial charge < -0.3 is 23.4 Å². The Balaban J connectivity index is 5.32. The largest absolute Gasteiger partial charge is 0.353 e. The number of nitrogens with one attached hydrogen (secondary N) is 1. The summed E-state index contributed by atoms with van der Waals surface area (Å²) in [5.74, 6) is 1.03. The van der Waals surface area contributed by atoms with Crippen LogP contribution in [0.1, 0.15) is 41.0 Å². The summed E-state index contributed by atoms with van der Waals surface area (Å²) in [6.45, 7) is 9.86. The van der Waals surface area contributed by atoms with Crippen molar-refractivity contribution in [3.05, 3.63) is 11.9 Å². The summed E-state index contributed by atoms with van der Waals surface area (Å²) in [6.07, 6.45) is 1.78. The Hall–Kier alpha value is -0.840. The van der Waals surface area contributed by atoms with Crippen LogP contribution in [0, 0.1) is 11.3 Å². The van der Waals surface area contributed by atoms with Crippen LogP contribution < -0.4 is 5.32 Å². The first-order chi connectivity index (χ1) is 13.1. The van der Waals surface area contributed by atoms with Crippen LogP contribution in [0.4, 0.5) is 0 Å². The lowest BCUT2D eigenvalue weighted by atomic mass is 10.3. The Morgan fingerprint density at radius 3 is 2.21 bits per heavy atom. The molecule has 9 nitrogen and oxygen atoms in total. The van der Waals surface area contributed by atoms with Crippen LogP contribution in [-0.2, 0) is 27.5 Å². The first-order valence-electron chi connectivity index (χ1n) is 8.99. The molecule has 0 saturated carbocycles. The molecule has 0 aliphatic heterocycles. The highest BCUT2D eigenvalue weighted by Gasteiger charge is 2.28. The number of amides is 1. The molecule has 1 N–H and O–H groups in total. The molecule has 0 aromatic heterocycles. The molecule has 2 atom stereocenters. The van der Waals surface area contributed by atoms with Gasteiger partial charge in [-0.3, -0.25) is 9.36 Å². The topological polar surface area (TPSA) is 110 Å². The fourth-order valence-corrected chi connectivity index (χ4v) is 4.71. The molecule has 11 heteroatoms. The Kier molecular flexibility index (Phi) is 13.8. The van der Waals surface area contributed by atoms with Gasteiger partial charge in [0.05, 0.1) is 31.7 Å². The van der Waals surface area contributed by atoms with E-state index < -0.39 is 22.2 Å². The molecule has 0 aromatic carbocycles. The number of carbonyl (C=O) groups excluding carboxylic acids is 1. The van der Waals surface area contributed by atoms with Gasteiger partial charge in [0.25, 0.3) is 8.53 Å². The van der Waals surface area contributed by atoms with E-state index in [4.69, 9.17) is 23.4 Å². The van der Waals surface area contributed by atoms with Crippen molar-refractivity contribution < 1.29 is 27.5 Å². The number of nitrogens with zero attached hydrogens (tertiary/aromatic N) is 2. The normalized spacial score (nSPS) is 14.6. The van der Waals surface area contributed by atoms with Gasteiger partial charge in [0, 0.05) is 39.0 Å². The molecular formula is C17H33N3O6P2. The predicted molar refractivity (Wildman–Crippen MR) is 110 cm³/mol. The van der Waals surface area contributed by atoms with Crippen molar-refractivity contribution >= 4 is 22.0 Å². The summed E-state index contributed by atoms with van der Waals surface area (Å²) in [4.78, 5) is 11.5. The Bertz CT molecular complexity index is 564. The monoisotopic (exact) mass is 437 g/mol. The first-order valence-corrected chi connectivity index (χ1v) is 11.7. The Morgan fingerprint density at radius 1 is 1.21 bits per heavy atom. The van der Waals surface area contributed by atoms with Crippen molar-refractivity contribution in [1.82, 2.24) is 9.99 Å². The molecule has 0 heterocycles. The van der Waals surface area contributed by atoms with E-state index in [1.165, 1.54) is 33.0 Å². The van der Waals surface area contributed by atoms with Crippen molar-refractivity contribution in [2.75, 3.05) is 27.4 Å². The molecule has 0 bridgehead atoms. The van der Waals surface area contributed by atoms with Crippen LogP contribution in [0.2, 0.25) is 0 Å². The van der Waals surface area contributed by atoms with Crippen LogP contribution in [0.25, 0.3) is 0 Å². The van der Waals surface area contributed by atoms with Gasteiger partial charge in [0.2, 0.25) is 5.91 Å². The van der Waals surface area contributed by atoms with Crippen LogP contribution in [0.5, 0.6) is 0 Å². The predicted octanol–water partition coefficient (Wildman–Crippen LogP) is 3.78. The van der Waals surface area contributed by atoms with Gasteiger partial charge in [-0.05, 0) is 27.7 Å². The van der Waals surface area contributed by atoms with E-state index in [-0.39, 0.29) is 37.6 Å². The van der Waals surface area contributed by atoms with Gasteiger partial charge in [0.15, 0.2) is 0 Å². The first kappa shape index (κ1) is 27.2. The van der Waals surface area contributed by atoms with Gasteiger partial charge in [-0.2, -0.15) is 5.26 Å². The molecule has 0 aromatic rings. The molecule has 0 radical (unpaired) electrons. The highest BCUT2D eigenvalue weighted by molar-refractivity contribution is 7.57. The SMILES string of the molecule is COP(=O)(/C=C/C(COP(OCCC#N)N(C(C)C)C(C)C)NC(C)=O)OC. The van der Waals surface area contributed by atoms with Crippen molar-refractivity contribution in [3.63, 3.8) is 0 Å². The average Bonchev–Trinajstić information content (AvgIpc) is 2.62. The second kappa shape index (κ2) is 14.2. The second-order valence-electron chi connectivity index (χ2n) is 6.40. The lowest BCUT2D eigenvalue weighted by molar-refractivity contribution is -0.119. The van der Waals surface area contributed by atoms with Crippen molar-refractivity contribution in [2.45, 2.75) is 59.2 Å². The molecule has 0 aliphatic rings. The van der Waals surface area contributed by atoms with Gasteiger partial charge in [-0.15, -0.1) is 0 Å². The third-order valence-electron chi connectivity index (χ3n) is 3.43. The Morgan fingerprint density at radius 2 is 1.79 bits per heavy atom. The van der Waals surface area contributed by atoms with Gasteiger partial charge in [0.1, 0.15) is 0 Å². The number of nitriles is 1. The smallest absolute Gasteiger partial charge is 0.348 e. The molecule has 162 valence electrons. The molecule has 0 fully saturated rings. The zero-order valence-electron chi connectivity index (χ0n) is 17.7. The van der Waals surface area contributed by atoms with Crippen LogP contribution in [0.3, 0.4) is 0 Å². The van der Waals surface area contributed by atoms with Crippen LogP contribution >= 0.6 is 16.1 Å². The summed E-state index contributed by atoms with van der Waals surface area (Å²) in [5, 5.41) is 11.5. The maximum atomic E-state index is 12.2. The lowest BCUT2D eigenvalue weighted by Gasteiger charge is -2.36. The number of hydrogen-bond acceptors (Lipinski definition) is 8. The number of rotatable bonds is 14. The van der Waals surface area contributed by atoms with Gasteiger partial charge in [-0.1, -0.05) is 6.08 Å². The third kappa shape index (κ3) is 10.6. The van der Waals surface area contributed by atoms with Crippen molar-refractivity contribution in [2.24, 2.45) is 0 Å². The Labute approximate surface area is 169 Å². The highest BCUT2D eigenvalue weighted by atomic mass is 31.2. The average molecular weight is 437 g/mol. The number of carbonyl (C=O) groups is 1. The molecule has 1 amide bonds. The third-order valence-corrected chi connectivity index (χ3v) is 7.05. The maximum Gasteiger partial charge on any atom is 0.353 e. The molecule has 0 rings (SSSR count). The quantitative estimate of drug-likeness (QED) is 0.323. The number of hydrogen-bond donors (Lipinski definition) is 1. The van der Waals surface area contributed by atoms with E-state index in [9.17, 15) is 9.36 Å². The molecule has 28 heavy (non-hydrogen) atoms. The summed E-state index contributed by atoms with van der Waals surface area (Å²) in [6, 6.07) is 1.81. The summed E-state index contributed by atoms with van der Waals surface area (Å²) >= 11 is 0. The summed E-state index contributed by atoms with van der Waals surface area (Å²) in [7, 11) is -2.25. The van der Waals surface area contributed by atoms with Crippen LogP contribution in [0.15, 0.2) is 11.9 Å². The minimum absolute atomic E-state index is 0.0949. The van der Waals surface area contributed by atoms with E-state index in [0.717, 1.165) is 0 Å². The lowest BCUT2D eigenvalue weighted by Crippen LogP contribution is -2.37. The molecule has 0 aliphatic carbocycles. The fraction of sp³-hybridized carbons (Fsp3) is 0.765. The molecular weight excluding hydrogens is 404 g/mol. The zero-order chi connectivity index (χ0) is 21.7. The van der Waals surface area contributed by atoms with Gasteiger partial charge in [-0.25, -0.2) is 4.67 Å². The summed E-state index contributed by atoms with van der Waals surface area (Å²) in [5.41, 5.74) is 0. The van der Waals surface area contributed by atoms with E-state index >= 15 is 0 Å². The van der Waals surface area contributed by atoms with Crippen molar-refractivity contribution in [1.29, 1.82) is 5.26 Å². The minimum atomic E-state index is -3.36. The molecule has 0 spiro atoms. The molecule has 2 unspecified atom stereocenters. The molecule has 0 saturated heterocycles. The van der Waals surface area contributed by atoms with E-state index in [1.807, 2.05) is 33.8 Å². The standard InChI is InChI=1S/C17H33N3O6P2/c1-14(2)20(15(3)4)27(25-11-8-10-18)26-13-17(19-16(5)21)9-12-28(22,23-6)24-7/h9,12,14-15,17H,8,11,13H2,1-7H3,(H,19,21)/b12-9+. The zero-order valence-corrected chi connectivity index (χ0v) is 19.5. The van der Waals surface area contributed by atoms with Gasteiger partial charge >= 0.3 is 7.60 Å². The van der Waals surface area contributed by atoms with E-state index in [0.29, 0.717) is 0 Å². The maximum absolute atomic E-state index is 12.2. The fourth-order valence-electron chi connectivity index (χ4n) is 2.27. The second-order valence-corrected chi connectivity index (χ2v) is 9.96. The van der Waals surface area contributed by atoms with E-state index in [2.05, 4.69) is 9.99 Å². The van der Waals surface area contributed by atoms with E-state index in [1.54, 1.807) is 0 Å². The highest BCUT2D eigenvalue weighted by Crippen LogP contribution is 2.48. The summed E-state index contributed by atoms with van der Waals surface area (Å²) < 4.78 is 35.8.